The van der Waals surface area contributed by atoms with E-state index in [1.807, 2.05) is 71.1 Å². The Kier molecular flexibility index (Phi) is 4.53. The summed E-state index contributed by atoms with van der Waals surface area (Å²) < 4.78 is 1.89. The Labute approximate surface area is 172 Å². The van der Waals surface area contributed by atoms with Gasteiger partial charge in [-0.3, -0.25) is 9.20 Å². The van der Waals surface area contributed by atoms with Gasteiger partial charge in [-0.1, -0.05) is 48.5 Å². The van der Waals surface area contributed by atoms with E-state index in [0.717, 1.165) is 22.3 Å². The van der Waals surface area contributed by atoms with Gasteiger partial charge >= 0.3 is 0 Å². The van der Waals surface area contributed by atoms with E-state index in [4.69, 9.17) is 0 Å². The summed E-state index contributed by atoms with van der Waals surface area (Å²) in [5.41, 5.74) is 4.73. The fraction of sp³-hybridized carbons (Fsp3) is 0.0435. The minimum absolute atomic E-state index is 0.137. The van der Waals surface area contributed by atoms with Crippen LogP contribution in [0.1, 0.15) is 15.9 Å². The molecule has 0 aliphatic heterocycles. The van der Waals surface area contributed by atoms with Crippen molar-refractivity contribution in [1.82, 2.24) is 24.9 Å². The molecule has 2 N–H and O–H groups in total. The molecule has 7 nitrogen and oxygen atoms in total. The van der Waals surface area contributed by atoms with E-state index in [9.17, 15) is 4.79 Å². The molecule has 0 saturated heterocycles. The molecule has 0 spiro atoms. The first-order valence-electron chi connectivity index (χ1n) is 9.56. The van der Waals surface area contributed by atoms with Gasteiger partial charge in [0.1, 0.15) is 6.33 Å². The lowest BCUT2D eigenvalue weighted by Crippen LogP contribution is -2.22. The van der Waals surface area contributed by atoms with Gasteiger partial charge in [0.05, 0.1) is 11.0 Å². The summed E-state index contributed by atoms with van der Waals surface area (Å²) >= 11 is 0. The van der Waals surface area contributed by atoms with Crippen LogP contribution in [0, 0.1) is 0 Å². The molecule has 0 saturated carbocycles. The van der Waals surface area contributed by atoms with Crippen LogP contribution in [0.5, 0.6) is 0 Å². The second kappa shape index (κ2) is 7.63. The maximum Gasteiger partial charge on any atom is 0.251 e. The van der Waals surface area contributed by atoms with E-state index >= 15 is 0 Å². The number of carbonyl (C=O) groups excluding carboxylic acids is 1. The van der Waals surface area contributed by atoms with Gasteiger partial charge < -0.3 is 10.6 Å². The van der Waals surface area contributed by atoms with Crippen LogP contribution in [0.4, 0.5) is 11.5 Å². The van der Waals surface area contributed by atoms with Gasteiger partial charge in [-0.25, -0.2) is 4.98 Å². The van der Waals surface area contributed by atoms with Crippen LogP contribution in [0.25, 0.3) is 16.7 Å². The Morgan fingerprint density at radius 3 is 2.67 bits per heavy atom. The minimum atomic E-state index is -0.137. The zero-order chi connectivity index (χ0) is 20.3. The van der Waals surface area contributed by atoms with Gasteiger partial charge in [0.2, 0.25) is 5.65 Å². The quantitative estimate of drug-likeness (QED) is 0.472. The number of benzene rings is 3. The van der Waals surface area contributed by atoms with Crippen LogP contribution in [0.15, 0.2) is 85.2 Å². The van der Waals surface area contributed by atoms with Gasteiger partial charge in [-0.2, -0.15) is 0 Å². The Bertz CT molecular complexity index is 1350. The lowest BCUT2D eigenvalue weighted by atomic mass is 10.1. The van der Waals surface area contributed by atoms with Gasteiger partial charge in [-0.05, 0) is 35.9 Å². The van der Waals surface area contributed by atoms with E-state index in [1.165, 1.54) is 0 Å². The highest BCUT2D eigenvalue weighted by atomic mass is 16.1. The summed E-state index contributed by atoms with van der Waals surface area (Å²) in [6.07, 6.45) is 1.66. The molecule has 0 unspecified atom stereocenters. The largest absolute Gasteiger partial charge is 0.348 e. The topological polar surface area (TPSA) is 84.2 Å². The van der Waals surface area contributed by atoms with Crippen molar-refractivity contribution in [1.29, 1.82) is 0 Å². The van der Waals surface area contributed by atoms with E-state index < -0.39 is 0 Å². The summed E-state index contributed by atoms with van der Waals surface area (Å²) in [6, 6.07) is 24.9. The van der Waals surface area contributed by atoms with Crippen molar-refractivity contribution >= 4 is 34.1 Å². The highest BCUT2D eigenvalue weighted by Crippen LogP contribution is 2.23. The third-order valence-corrected chi connectivity index (χ3v) is 4.82. The molecule has 0 aliphatic carbocycles. The maximum atomic E-state index is 12.6. The first-order chi connectivity index (χ1) is 14.8. The number of para-hydroxylation sites is 2. The predicted octanol–water partition coefficient (Wildman–Crippen LogP) is 3.95. The molecule has 0 atom stereocenters. The third-order valence-electron chi connectivity index (χ3n) is 4.82. The van der Waals surface area contributed by atoms with E-state index in [0.29, 0.717) is 23.6 Å². The highest BCUT2D eigenvalue weighted by molar-refractivity contribution is 5.95. The second-order valence-electron chi connectivity index (χ2n) is 6.85. The maximum absolute atomic E-state index is 12.6. The van der Waals surface area contributed by atoms with Gasteiger partial charge in [0.25, 0.3) is 5.91 Å². The average Bonchev–Trinajstić information content (AvgIpc) is 3.29. The number of aromatic nitrogens is 4. The molecule has 5 rings (SSSR count). The van der Waals surface area contributed by atoms with Crippen molar-refractivity contribution in [3.05, 3.63) is 96.3 Å². The number of hydrogen-bond acceptors (Lipinski definition) is 5. The van der Waals surface area contributed by atoms with Crippen LogP contribution in [-0.2, 0) is 6.54 Å². The van der Waals surface area contributed by atoms with Crippen molar-refractivity contribution in [3.63, 3.8) is 0 Å². The number of anilines is 2. The van der Waals surface area contributed by atoms with Crippen molar-refractivity contribution in [3.8, 4) is 0 Å². The molecule has 5 aromatic rings. The van der Waals surface area contributed by atoms with E-state index in [-0.39, 0.29) is 5.91 Å². The van der Waals surface area contributed by atoms with Crippen molar-refractivity contribution in [2.45, 2.75) is 6.54 Å². The Hall–Kier alpha value is -4.26. The molecule has 0 fully saturated rings. The lowest BCUT2D eigenvalue weighted by Gasteiger charge is -2.10. The van der Waals surface area contributed by atoms with Crippen molar-refractivity contribution in [2.24, 2.45) is 0 Å². The van der Waals surface area contributed by atoms with E-state index in [1.54, 1.807) is 18.5 Å². The summed E-state index contributed by atoms with van der Waals surface area (Å²) in [4.78, 5) is 17.3. The lowest BCUT2D eigenvalue weighted by molar-refractivity contribution is 0.0951. The normalized spacial score (nSPS) is 10.9. The number of hydrogen-bond donors (Lipinski definition) is 2. The molecular formula is C23H18N6O. The number of nitrogens with zero attached hydrogens (tertiary/aromatic N) is 4. The number of rotatable bonds is 5. The molecule has 7 heteroatoms. The molecule has 2 aromatic heterocycles. The van der Waals surface area contributed by atoms with Gasteiger partial charge in [-0.15, -0.1) is 10.2 Å². The minimum Gasteiger partial charge on any atom is -0.348 e. The van der Waals surface area contributed by atoms with Gasteiger partial charge in [0, 0.05) is 17.8 Å². The fourth-order valence-electron chi connectivity index (χ4n) is 3.34. The second-order valence-corrected chi connectivity index (χ2v) is 6.85. The zero-order valence-corrected chi connectivity index (χ0v) is 16.0. The first kappa shape index (κ1) is 17.8. The molecule has 1 amide bonds. The van der Waals surface area contributed by atoms with E-state index in [2.05, 4.69) is 25.8 Å². The molecule has 0 radical (unpaired) electrons. The zero-order valence-electron chi connectivity index (χ0n) is 16.0. The SMILES string of the molecule is O=C(NCc1ccccc1)c1cccc(Nc2nc3ccccc3n3cnnc23)c1. The summed E-state index contributed by atoms with van der Waals surface area (Å²) in [7, 11) is 0. The first-order valence-corrected chi connectivity index (χ1v) is 9.56. The Morgan fingerprint density at radius 2 is 1.77 bits per heavy atom. The summed E-state index contributed by atoms with van der Waals surface area (Å²) in [6.45, 7) is 0.476. The van der Waals surface area contributed by atoms with Crippen molar-refractivity contribution in [2.75, 3.05) is 5.32 Å². The monoisotopic (exact) mass is 394 g/mol. The molecular weight excluding hydrogens is 376 g/mol. The summed E-state index contributed by atoms with van der Waals surface area (Å²) in [5.74, 6) is 0.439. The van der Waals surface area contributed by atoms with Crippen LogP contribution in [0.2, 0.25) is 0 Å². The number of carbonyl (C=O) groups is 1. The van der Waals surface area contributed by atoms with Gasteiger partial charge in [0.15, 0.2) is 5.82 Å². The molecule has 0 aliphatic rings. The number of fused-ring (bicyclic) bond motifs is 3. The molecule has 3 aromatic carbocycles. The standard InChI is InChI=1S/C23H18N6O/c30-23(24-14-16-7-2-1-3-8-16)17-9-6-10-18(13-17)26-21-22-28-25-15-29(22)20-12-5-4-11-19(20)27-21/h1-13,15H,14H2,(H,24,30)(H,26,27). The third kappa shape index (κ3) is 3.44. The average molecular weight is 394 g/mol. The molecule has 2 heterocycles. The molecule has 146 valence electrons. The summed E-state index contributed by atoms with van der Waals surface area (Å²) in [5, 5.41) is 14.4. The number of amides is 1. The molecule has 30 heavy (non-hydrogen) atoms. The van der Waals surface area contributed by atoms with Crippen LogP contribution < -0.4 is 10.6 Å². The highest BCUT2D eigenvalue weighted by Gasteiger charge is 2.12. The smallest absolute Gasteiger partial charge is 0.251 e. The van der Waals surface area contributed by atoms with Crippen LogP contribution >= 0.6 is 0 Å². The van der Waals surface area contributed by atoms with Crippen molar-refractivity contribution < 1.29 is 4.79 Å². The fourth-order valence-corrected chi connectivity index (χ4v) is 3.34. The number of nitrogens with one attached hydrogen (secondary N) is 2. The Balaban J connectivity index is 1.40. The molecule has 0 bridgehead atoms. The predicted molar refractivity (Wildman–Crippen MR) is 116 cm³/mol. The Morgan fingerprint density at radius 1 is 0.933 bits per heavy atom. The van der Waals surface area contributed by atoms with Crippen LogP contribution in [0.3, 0.4) is 0 Å². The van der Waals surface area contributed by atoms with Crippen LogP contribution in [-0.4, -0.2) is 25.5 Å².